The third-order valence-corrected chi connectivity index (χ3v) is 5.53. The summed E-state index contributed by atoms with van der Waals surface area (Å²) in [5, 5.41) is 0.931. The van der Waals surface area contributed by atoms with Crippen molar-refractivity contribution in [3.63, 3.8) is 0 Å². The lowest BCUT2D eigenvalue weighted by Crippen LogP contribution is -2.27. The maximum absolute atomic E-state index is 12.3. The second-order valence-corrected chi connectivity index (χ2v) is 7.94. The largest absolute Gasteiger partial charge is 0.241 e. The molecule has 7 heteroatoms. The molecule has 0 aliphatic rings. The Morgan fingerprint density at radius 1 is 1.10 bits per heavy atom. The van der Waals surface area contributed by atoms with Crippen LogP contribution in [0.2, 0.25) is 10.0 Å². The minimum atomic E-state index is -3.61. The van der Waals surface area contributed by atoms with Gasteiger partial charge in [0, 0.05) is 20.6 Å². The van der Waals surface area contributed by atoms with E-state index in [1.807, 2.05) is 0 Å². The summed E-state index contributed by atoms with van der Waals surface area (Å²) >= 11 is 15.2. The van der Waals surface area contributed by atoms with E-state index >= 15 is 0 Å². The number of nitrogens with one attached hydrogen (secondary N) is 1. The Kier molecular flexibility index (Phi) is 5.33. The summed E-state index contributed by atoms with van der Waals surface area (Å²) in [6.07, 6.45) is 0. The number of hydrogen-bond acceptors (Lipinski definition) is 2. The molecule has 21 heavy (non-hydrogen) atoms. The molecule has 0 unspecified atom stereocenters. The van der Waals surface area contributed by atoms with E-state index in [-0.39, 0.29) is 4.90 Å². The zero-order valence-corrected chi connectivity index (χ0v) is 14.9. The van der Waals surface area contributed by atoms with Crippen molar-refractivity contribution in [2.45, 2.75) is 17.9 Å². The van der Waals surface area contributed by atoms with Crippen molar-refractivity contribution in [1.29, 1.82) is 0 Å². The van der Waals surface area contributed by atoms with Crippen LogP contribution in [0, 0.1) is 0 Å². The molecule has 0 saturated carbocycles. The molecule has 0 spiro atoms. The molecule has 0 aliphatic carbocycles. The minimum absolute atomic E-state index is 0.197. The summed E-state index contributed by atoms with van der Waals surface area (Å²) in [6, 6.07) is 10.9. The normalized spacial score (nSPS) is 13.1. The Morgan fingerprint density at radius 2 is 1.71 bits per heavy atom. The van der Waals surface area contributed by atoms with Crippen LogP contribution in [-0.2, 0) is 10.0 Å². The molecule has 112 valence electrons. The molecule has 0 radical (unpaired) electrons. The van der Waals surface area contributed by atoms with Gasteiger partial charge in [-0.1, -0.05) is 45.2 Å². The minimum Gasteiger partial charge on any atom is -0.207 e. The van der Waals surface area contributed by atoms with E-state index in [0.717, 1.165) is 4.47 Å². The Hall–Kier alpha value is -0.590. The number of hydrogen-bond donors (Lipinski definition) is 1. The lowest BCUT2D eigenvalue weighted by atomic mass is 10.1. The van der Waals surface area contributed by atoms with E-state index < -0.39 is 16.1 Å². The van der Waals surface area contributed by atoms with Crippen LogP contribution in [0.15, 0.2) is 51.8 Å². The van der Waals surface area contributed by atoms with Gasteiger partial charge in [-0.2, -0.15) is 0 Å². The van der Waals surface area contributed by atoms with Gasteiger partial charge in [0.25, 0.3) is 0 Å². The first kappa shape index (κ1) is 16.8. The van der Waals surface area contributed by atoms with Gasteiger partial charge in [-0.15, -0.1) is 0 Å². The van der Waals surface area contributed by atoms with Crippen LogP contribution in [0.5, 0.6) is 0 Å². The van der Waals surface area contributed by atoms with E-state index in [0.29, 0.717) is 15.6 Å². The van der Waals surface area contributed by atoms with Crippen molar-refractivity contribution in [3.05, 3.63) is 62.5 Å². The number of halogens is 3. The number of rotatable bonds is 4. The van der Waals surface area contributed by atoms with Gasteiger partial charge in [-0.05, 0) is 48.9 Å². The Balaban J connectivity index is 2.25. The van der Waals surface area contributed by atoms with Gasteiger partial charge < -0.3 is 0 Å². The van der Waals surface area contributed by atoms with E-state index in [1.165, 1.54) is 12.1 Å². The third-order valence-electron chi connectivity index (χ3n) is 2.88. The van der Waals surface area contributed by atoms with E-state index in [4.69, 9.17) is 23.2 Å². The van der Waals surface area contributed by atoms with Crippen LogP contribution in [0.3, 0.4) is 0 Å². The highest BCUT2D eigenvalue weighted by Gasteiger charge is 2.19. The standard InChI is InChI=1S/C14H12BrCl2NO2S/c1-9(13-7-4-11(16)8-14(13)17)18-21(19,20)12-5-2-10(15)3-6-12/h2-9,18H,1H3/t9-/m1/s1. The maximum atomic E-state index is 12.3. The summed E-state index contributed by atoms with van der Waals surface area (Å²) in [5.74, 6) is 0. The first-order valence-electron chi connectivity index (χ1n) is 6.02. The Morgan fingerprint density at radius 3 is 2.29 bits per heavy atom. The van der Waals surface area contributed by atoms with Crippen molar-refractivity contribution in [1.82, 2.24) is 4.72 Å². The highest BCUT2D eigenvalue weighted by molar-refractivity contribution is 9.10. The molecule has 2 rings (SSSR count). The molecule has 0 aliphatic heterocycles. The number of sulfonamides is 1. The zero-order valence-electron chi connectivity index (χ0n) is 11.0. The average Bonchev–Trinajstić information content (AvgIpc) is 2.38. The summed E-state index contributed by atoms with van der Waals surface area (Å²) in [6.45, 7) is 1.73. The quantitative estimate of drug-likeness (QED) is 0.789. The molecule has 2 aromatic rings. The van der Waals surface area contributed by atoms with E-state index in [9.17, 15) is 8.42 Å². The summed E-state index contributed by atoms with van der Waals surface area (Å²) < 4.78 is 28.0. The Bertz CT molecular complexity index is 748. The predicted octanol–water partition coefficient (Wildman–Crippen LogP) is 4.80. The highest BCUT2D eigenvalue weighted by atomic mass is 79.9. The van der Waals surface area contributed by atoms with Gasteiger partial charge in [0.2, 0.25) is 10.0 Å². The lowest BCUT2D eigenvalue weighted by molar-refractivity contribution is 0.567. The molecule has 3 nitrogen and oxygen atoms in total. The SMILES string of the molecule is C[C@@H](NS(=O)(=O)c1ccc(Br)cc1)c1ccc(Cl)cc1Cl. The predicted molar refractivity (Wildman–Crippen MR) is 89.3 cm³/mol. The van der Waals surface area contributed by atoms with Crippen molar-refractivity contribution >= 4 is 49.2 Å². The first-order chi connectivity index (χ1) is 9.79. The van der Waals surface area contributed by atoms with Gasteiger partial charge >= 0.3 is 0 Å². The topological polar surface area (TPSA) is 46.2 Å². The zero-order chi connectivity index (χ0) is 15.6. The van der Waals surface area contributed by atoms with E-state index in [1.54, 1.807) is 37.3 Å². The number of benzene rings is 2. The van der Waals surface area contributed by atoms with Gasteiger partial charge in [0.1, 0.15) is 0 Å². The molecular weight excluding hydrogens is 397 g/mol. The van der Waals surface area contributed by atoms with Crippen molar-refractivity contribution in [2.75, 3.05) is 0 Å². The molecule has 0 aromatic heterocycles. The van der Waals surface area contributed by atoms with E-state index in [2.05, 4.69) is 20.7 Å². The van der Waals surface area contributed by atoms with Crippen LogP contribution in [0.4, 0.5) is 0 Å². The maximum Gasteiger partial charge on any atom is 0.241 e. The van der Waals surface area contributed by atoms with Gasteiger partial charge in [-0.25, -0.2) is 13.1 Å². The average molecular weight is 409 g/mol. The smallest absolute Gasteiger partial charge is 0.207 e. The van der Waals surface area contributed by atoms with Crippen LogP contribution < -0.4 is 4.72 Å². The second kappa shape index (κ2) is 6.67. The monoisotopic (exact) mass is 407 g/mol. The molecule has 0 bridgehead atoms. The fraction of sp³-hybridized carbons (Fsp3) is 0.143. The summed E-state index contributed by atoms with van der Waals surface area (Å²) in [7, 11) is -3.61. The molecule has 0 fully saturated rings. The first-order valence-corrected chi connectivity index (χ1v) is 9.05. The van der Waals surface area contributed by atoms with Crippen molar-refractivity contribution in [3.8, 4) is 0 Å². The molecule has 1 N–H and O–H groups in total. The van der Waals surface area contributed by atoms with Crippen LogP contribution in [-0.4, -0.2) is 8.42 Å². The summed E-state index contributed by atoms with van der Waals surface area (Å²) in [5.41, 5.74) is 0.668. The molecule has 1 atom stereocenters. The Labute approximate surface area is 142 Å². The fourth-order valence-corrected chi connectivity index (χ4v) is 3.89. The molecular formula is C14H12BrCl2NO2S. The third kappa shape index (κ3) is 4.20. The van der Waals surface area contributed by atoms with Gasteiger partial charge in [0.05, 0.1) is 4.90 Å². The molecule has 0 saturated heterocycles. The second-order valence-electron chi connectivity index (χ2n) is 4.46. The van der Waals surface area contributed by atoms with Crippen LogP contribution in [0.1, 0.15) is 18.5 Å². The van der Waals surface area contributed by atoms with Crippen molar-refractivity contribution < 1.29 is 8.42 Å². The molecule has 0 heterocycles. The summed E-state index contributed by atoms with van der Waals surface area (Å²) in [4.78, 5) is 0.197. The highest BCUT2D eigenvalue weighted by Crippen LogP contribution is 2.27. The van der Waals surface area contributed by atoms with Gasteiger partial charge in [0.15, 0.2) is 0 Å². The van der Waals surface area contributed by atoms with Crippen molar-refractivity contribution in [2.24, 2.45) is 0 Å². The molecule has 2 aromatic carbocycles. The van der Waals surface area contributed by atoms with Crippen LogP contribution >= 0.6 is 39.1 Å². The molecule has 0 amide bonds. The van der Waals surface area contributed by atoms with Gasteiger partial charge in [-0.3, -0.25) is 0 Å². The fourth-order valence-electron chi connectivity index (χ4n) is 1.83. The lowest BCUT2D eigenvalue weighted by Gasteiger charge is -2.16. The van der Waals surface area contributed by atoms with Crippen LogP contribution in [0.25, 0.3) is 0 Å².